The number of nitrogens with two attached hydrogens (primary N) is 1. The van der Waals surface area contributed by atoms with Gasteiger partial charge in [0.2, 0.25) is 10.0 Å². The topological polar surface area (TPSA) is 92.5 Å². The summed E-state index contributed by atoms with van der Waals surface area (Å²) in [5, 5.41) is 0. The summed E-state index contributed by atoms with van der Waals surface area (Å²) in [6.07, 6.45) is 3.08. The standard InChI is InChI=1S/C21H27N3O3S/c1-15-7-3-4-10-18(15)17-9-5-8-16(13-17)14-20-19(23-28(2,26)27)11-6-12-24(20)21(22)25/h3-5,7-10,13,19-20,23H,6,11-12,14H2,1-2H3,(H2,22,25). The van der Waals surface area contributed by atoms with Crippen molar-refractivity contribution in [1.82, 2.24) is 9.62 Å². The molecule has 0 spiro atoms. The third kappa shape index (κ3) is 4.91. The summed E-state index contributed by atoms with van der Waals surface area (Å²) < 4.78 is 26.3. The Labute approximate surface area is 166 Å². The van der Waals surface area contributed by atoms with Crippen molar-refractivity contribution < 1.29 is 13.2 Å². The molecule has 2 aromatic rings. The van der Waals surface area contributed by atoms with Crippen LogP contribution >= 0.6 is 0 Å². The Kier molecular flexibility index (Phi) is 6.05. The van der Waals surface area contributed by atoms with Crippen molar-refractivity contribution in [3.05, 3.63) is 59.7 Å². The van der Waals surface area contributed by atoms with Gasteiger partial charge < -0.3 is 10.6 Å². The number of amides is 2. The molecule has 1 saturated heterocycles. The Balaban J connectivity index is 1.91. The number of nitrogens with one attached hydrogen (secondary N) is 1. The molecule has 3 N–H and O–H groups in total. The molecular weight excluding hydrogens is 374 g/mol. The number of carbonyl (C=O) groups excluding carboxylic acids is 1. The lowest BCUT2D eigenvalue weighted by Gasteiger charge is -2.40. The molecular formula is C21H27N3O3S. The molecule has 2 atom stereocenters. The maximum Gasteiger partial charge on any atom is 0.315 e. The molecule has 6 nitrogen and oxygen atoms in total. The highest BCUT2D eigenvalue weighted by Gasteiger charge is 2.35. The molecule has 2 unspecified atom stereocenters. The smallest absolute Gasteiger partial charge is 0.315 e. The first kappa shape index (κ1) is 20.4. The zero-order chi connectivity index (χ0) is 20.3. The van der Waals surface area contributed by atoms with E-state index in [2.05, 4.69) is 35.9 Å². The number of carbonyl (C=O) groups is 1. The van der Waals surface area contributed by atoms with Crippen LogP contribution in [0.2, 0.25) is 0 Å². The van der Waals surface area contributed by atoms with Crippen LogP contribution in [-0.2, 0) is 16.4 Å². The SMILES string of the molecule is Cc1ccccc1-c1cccc(CC2C(NS(C)(=O)=O)CCCN2C(N)=O)c1. The van der Waals surface area contributed by atoms with Gasteiger partial charge in [0.25, 0.3) is 0 Å². The number of benzene rings is 2. The molecule has 28 heavy (non-hydrogen) atoms. The van der Waals surface area contributed by atoms with Crippen LogP contribution in [0.5, 0.6) is 0 Å². The van der Waals surface area contributed by atoms with Gasteiger partial charge in [-0.2, -0.15) is 0 Å². The van der Waals surface area contributed by atoms with E-state index in [1.54, 1.807) is 4.90 Å². The van der Waals surface area contributed by atoms with Gasteiger partial charge in [-0.1, -0.05) is 48.5 Å². The van der Waals surface area contributed by atoms with Gasteiger partial charge in [0.15, 0.2) is 0 Å². The summed E-state index contributed by atoms with van der Waals surface area (Å²) in [5.41, 5.74) is 10.1. The van der Waals surface area contributed by atoms with E-state index in [0.29, 0.717) is 19.4 Å². The van der Waals surface area contributed by atoms with E-state index in [1.165, 1.54) is 5.56 Å². The summed E-state index contributed by atoms with van der Waals surface area (Å²) in [6, 6.07) is 15.2. The van der Waals surface area contributed by atoms with E-state index >= 15 is 0 Å². The molecule has 2 aromatic carbocycles. The van der Waals surface area contributed by atoms with Crippen LogP contribution < -0.4 is 10.5 Å². The zero-order valence-electron chi connectivity index (χ0n) is 16.3. The molecule has 0 saturated carbocycles. The first-order chi connectivity index (χ1) is 13.2. The van der Waals surface area contributed by atoms with Crippen molar-refractivity contribution in [3.63, 3.8) is 0 Å². The fourth-order valence-corrected chi connectivity index (χ4v) is 4.82. The summed E-state index contributed by atoms with van der Waals surface area (Å²) in [4.78, 5) is 13.6. The fourth-order valence-electron chi connectivity index (χ4n) is 4.00. The minimum absolute atomic E-state index is 0.312. The molecule has 3 rings (SSSR count). The molecule has 1 aliphatic rings. The Hall–Kier alpha value is -2.38. The van der Waals surface area contributed by atoms with Crippen molar-refractivity contribution >= 4 is 16.1 Å². The summed E-state index contributed by atoms with van der Waals surface area (Å²) in [5.74, 6) is 0. The highest BCUT2D eigenvalue weighted by molar-refractivity contribution is 7.88. The molecule has 1 aliphatic heterocycles. The summed E-state index contributed by atoms with van der Waals surface area (Å²) in [7, 11) is -3.38. The second-order valence-corrected chi connectivity index (χ2v) is 9.24. The monoisotopic (exact) mass is 401 g/mol. The number of primary amides is 1. The molecule has 0 bridgehead atoms. The van der Waals surface area contributed by atoms with Crippen LogP contribution in [0.3, 0.4) is 0 Å². The van der Waals surface area contributed by atoms with Gasteiger partial charge in [-0.3, -0.25) is 0 Å². The van der Waals surface area contributed by atoms with Crippen molar-refractivity contribution in [2.45, 2.75) is 38.3 Å². The molecule has 1 heterocycles. The lowest BCUT2D eigenvalue weighted by atomic mass is 9.90. The van der Waals surface area contributed by atoms with E-state index in [1.807, 2.05) is 24.3 Å². The first-order valence-electron chi connectivity index (χ1n) is 9.43. The van der Waals surface area contributed by atoms with Crippen LogP contribution in [-0.4, -0.2) is 44.2 Å². The number of piperidine rings is 1. The number of rotatable bonds is 5. The van der Waals surface area contributed by atoms with Gasteiger partial charge in [0.1, 0.15) is 0 Å². The highest BCUT2D eigenvalue weighted by atomic mass is 32.2. The van der Waals surface area contributed by atoms with Crippen LogP contribution in [0.15, 0.2) is 48.5 Å². The van der Waals surface area contributed by atoms with Crippen molar-refractivity contribution in [1.29, 1.82) is 0 Å². The van der Waals surface area contributed by atoms with E-state index in [4.69, 9.17) is 5.73 Å². The van der Waals surface area contributed by atoms with Gasteiger partial charge in [-0.05, 0) is 48.4 Å². The Morgan fingerprint density at radius 2 is 1.96 bits per heavy atom. The Bertz CT molecular complexity index is 959. The fraction of sp³-hybridized carbons (Fsp3) is 0.381. The molecule has 0 radical (unpaired) electrons. The number of nitrogens with zero attached hydrogens (tertiary/aromatic N) is 1. The number of hydrogen-bond donors (Lipinski definition) is 2. The minimum Gasteiger partial charge on any atom is -0.351 e. The molecule has 2 amide bonds. The van der Waals surface area contributed by atoms with E-state index < -0.39 is 16.1 Å². The van der Waals surface area contributed by atoms with Crippen LogP contribution in [0.4, 0.5) is 4.79 Å². The quantitative estimate of drug-likeness (QED) is 0.807. The number of likely N-dealkylation sites (tertiary alicyclic amines) is 1. The molecule has 0 aromatic heterocycles. The zero-order valence-corrected chi connectivity index (χ0v) is 17.1. The predicted molar refractivity (Wildman–Crippen MR) is 111 cm³/mol. The molecule has 1 fully saturated rings. The molecule has 150 valence electrons. The minimum atomic E-state index is -3.38. The largest absolute Gasteiger partial charge is 0.351 e. The lowest BCUT2D eigenvalue weighted by Crippen LogP contribution is -2.58. The van der Waals surface area contributed by atoms with Crippen LogP contribution in [0, 0.1) is 6.92 Å². The predicted octanol–water partition coefficient (Wildman–Crippen LogP) is 2.67. The average Bonchev–Trinajstić information content (AvgIpc) is 2.62. The van der Waals surface area contributed by atoms with Gasteiger partial charge in [-0.15, -0.1) is 0 Å². The number of sulfonamides is 1. The summed E-state index contributed by atoms with van der Waals surface area (Å²) in [6.45, 7) is 2.61. The van der Waals surface area contributed by atoms with Gasteiger partial charge in [0.05, 0.1) is 12.3 Å². The van der Waals surface area contributed by atoms with E-state index in [9.17, 15) is 13.2 Å². The van der Waals surface area contributed by atoms with Crippen LogP contribution in [0.1, 0.15) is 24.0 Å². The Morgan fingerprint density at radius 3 is 2.64 bits per heavy atom. The van der Waals surface area contributed by atoms with Crippen molar-refractivity contribution in [2.24, 2.45) is 5.73 Å². The van der Waals surface area contributed by atoms with Crippen LogP contribution in [0.25, 0.3) is 11.1 Å². The number of hydrogen-bond acceptors (Lipinski definition) is 3. The van der Waals surface area contributed by atoms with Gasteiger partial charge in [0, 0.05) is 12.6 Å². The second kappa shape index (κ2) is 8.32. The van der Waals surface area contributed by atoms with Crippen molar-refractivity contribution in [3.8, 4) is 11.1 Å². The average molecular weight is 402 g/mol. The molecule has 0 aliphatic carbocycles. The third-order valence-corrected chi connectivity index (χ3v) is 5.99. The highest BCUT2D eigenvalue weighted by Crippen LogP contribution is 2.27. The van der Waals surface area contributed by atoms with Gasteiger partial charge >= 0.3 is 6.03 Å². The Morgan fingerprint density at radius 1 is 1.21 bits per heavy atom. The van der Waals surface area contributed by atoms with E-state index in [0.717, 1.165) is 29.4 Å². The second-order valence-electron chi connectivity index (χ2n) is 7.46. The lowest BCUT2D eigenvalue weighted by molar-refractivity contribution is 0.140. The number of urea groups is 1. The maximum absolute atomic E-state index is 12.0. The normalized spacial score (nSPS) is 20.1. The van der Waals surface area contributed by atoms with Crippen molar-refractivity contribution in [2.75, 3.05) is 12.8 Å². The first-order valence-corrected chi connectivity index (χ1v) is 11.3. The van der Waals surface area contributed by atoms with Gasteiger partial charge in [-0.25, -0.2) is 17.9 Å². The third-order valence-electron chi connectivity index (χ3n) is 5.26. The number of aryl methyl sites for hydroxylation is 1. The maximum atomic E-state index is 12.0. The van der Waals surface area contributed by atoms with E-state index in [-0.39, 0.29) is 12.1 Å². The summed E-state index contributed by atoms with van der Waals surface area (Å²) >= 11 is 0. The molecule has 7 heteroatoms.